The number of methoxy groups -OCH3 is 1. The lowest BCUT2D eigenvalue weighted by Crippen LogP contribution is -2.17. The maximum atomic E-state index is 12.7. The van der Waals surface area contributed by atoms with E-state index in [2.05, 4.69) is 9.73 Å². The number of carbonyl (C=O) groups is 1. The summed E-state index contributed by atoms with van der Waals surface area (Å²) in [7, 11) is 1.14. The van der Waals surface area contributed by atoms with Crippen molar-refractivity contribution in [2.45, 2.75) is 13.1 Å². The molecule has 0 aliphatic carbocycles. The average Bonchev–Trinajstić information content (AvgIpc) is 2.78. The second-order valence-electron chi connectivity index (χ2n) is 4.12. The summed E-state index contributed by atoms with van der Waals surface area (Å²) in [6.45, 7) is 1.58. The summed E-state index contributed by atoms with van der Waals surface area (Å²) in [5.74, 6) is 0.384. The number of halogens is 3. The number of oxazole rings is 1. The maximum absolute atomic E-state index is 12.7. The summed E-state index contributed by atoms with van der Waals surface area (Å²) in [6, 6.07) is 4.59. The highest BCUT2D eigenvalue weighted by molar-refractivity contribution is 5.67. The van der Waals surface area contributed by atoms with Gasteiger partial charge in [0.05, 0.1) is 24.6 Å². The van der Waals surface area contributed by atoms with Crippen molar-refractivity contribution in [1.82, 2.24) is 4.57 Å². The Hall–Kier alpha value is -2.51. The Morgan fingerprint density at radius 3 is 2.71 bits per heavy atom. The lowest BCUT2D eigenvalue weighted by molar-refractivity contribution is -0.137. The third-order valence-electron chi connectivity index (χ3n) is 2.58. The first-order valence-corrected chi connectivity index (χ1v) is 5.80. The molecule has 0 saturated carbocycles. The lowest BCUT2D eigenvalue weighted by Gasteiger charge is -2.08. The zero-order valence-electron chi connectivity index (χ0n) is 11.1. The first-order valence-electron chi connectivity index (χ1n) is 5.80. The van der Waals surface area contributed by atoms with Crippen LogP contribution in [-0.2, 0) is 10.9 Å². The van der Waals surface area contributed by atoms with Gasteiger partial charge >= 0.3 is 18.0 Å². The number of benzene rings is 1. The van der Waals surface area contributed by atoms with Crippen LogP contribution in [0, 0.1) is 6.92 Å². The first-order chi connectivity index (χ1) is 9.81. The molecule has 1 aromatic carbocycles. The van der Waals surface area contributed by atoms with Gasteiger partial charge in [0.25, 0.3) is 0 Å². The van der Waals surface area contributed by atoms with Crippen molar-refractivity contribution < 1.29 is 27.1 Å². The molecule has 112 valence electrons. The van der Waals surface area contributed by atoms with Crippen LogP contribution in [0.5, 0.6) is 0 Å². The highest BCUT2D eigenvalue weighted by Gasteiger charge is 2.30. The van der Waals surface area contributed by atoms with Gasteiger partial charge in [-0.15, -0.1) is 4.99 Å². The Kier molecular flexibility index (Phi) is 3.88. The van der Waals surface area contributed by atoms with Crippen LogP contribution < -0.4 is 5.68 Å². The number of carbonyl (C=O) groups excluding carboxylic acids is 1. The topological polar surface area (TPSA) is 56.7 Å². The van der Waals surface area contributed by atoms with E-state index in [1.807, 2.05) is 0 Å². The Balaban J connectivity index is 2.58. The number of aromatic nitrogens is 1. The molecule has 0 aliphatic rings. The first kappa shape index (κ1) is 14.9. The molecule has 1 amide bonds. The van der Waals surface area contributed by atoms with E-state index in [0.29, 0.717) is 5.76 Å². The van der Waals surface area contributed by atoms with E-state index in [0.717, 1.165) is 19.2 Å². The smallest absolute Gasteiger partial charge is 0.437 e. The van der Waals surface area contributed by atoms with Crippen molar-refractivity contribution in [2.24, 2.45) is 4.99 Å². The molecule has 0 unspecified atom stereocenters. The van der Waals surface area contributed by atoms with Gasteiger partial charge in [-0.2, -0.15) is 13.2 Å². The number of ether oxygens (including phenoxy) is 1. The molecular formula is C13H11F3N2O3. The third-order valence-corrected chi connectivity index (χ3v) is 2.58. The third kappa shape index (κ3) is 3.33. The number of nitrogens with zero attached hydrogens (tertiary/aromatic N) is 2. The van der Waals surface area contributed by atoms with Gasteiger partial charge in [0.2, 0.25) is 0 Å². The van der Waals surface area contributed by atoms with Gasteiger partial charge in [0.1, 0.15) is 5.76 Å². The van der Waals surface area contributed by atoms with Crippen molar-refractivity contribution in [3.05, 3.63) is 47.5 Å². The van der Waals surface area contributed by atoms with Crippen LogP contribution in [0.2, 0.25) is 0 Å². The van der Waals surface area contributed by atoms with Crippen LogP contribution in [0.3, 0.4) is 0 Å². The molecule has 8 heteroatoms. The van der Waals surface area contributed by atoms with Crippen LogP contribution in [0.15, 0.2) is 39.9 Å². The molecule has 0 bridgehead atoms. The van der Waals surface area contributed by atoms with Gasteiger partial charge < -0.3 is 9.15 Å². The monoisotopic (exact) mass is 300 g/mol. The predicted molar refractivity (Wildman–Crippen MR) is 65.7 cm³/mol. The van der Waals surface area contributed by atoms with Crippen LogP contribution in [0.4, 0.5) is 18.0 Å². The molecule has 1 aromatic heterocycles. The summed E-state index contributed by atoms with van der Waals surface area (Å²) in [6.07, 6.45) is -3.95. The van der Waals surface area contributed by atoms with E-state index in [-0.39, 0.29) is 11.4 Å². The van der Waals surface area contributed by atoms with Crippen LogP contribution >= 0.6 is 0 Å². The highest BCUT2D eigenvalue weighted by Crippen LogP contribution is 2.30. The van der Waals surface area contributed by atoms with E-state index in [1.54, 1.807) is 6.92 Å². The van der Waals surface area contributed by atoms with Crippen LogP contribution in [0.1, 0.15) is 11.3 Å². The van der Waals surface area contributed by atoms with Crippen molar-refractivity contribution in [1.29, 1.82) is 0 Å². The molecule has 21 heavy (non-hydrogen) atoms. The van der Waals surface area contributed by atoms with Crippen molar-refractivity contribution in [2.75, 3.05) is 7.11 Å². The van der Waals surface area contributed by atoms with Crippen molar-refractivity contribution >= 4 is 6.09 Å². The highest BCUT2D eigenvalue weighted by atomic mass is 19.4. The summed E-state index contributed by atoms with van der Waals surface area (Å²) >= 11 is 0. The quantitative estimate of drug-likeness (QED) is 0.813. The normalized spacial score (nSPS) is 12.5. The van der Waals surface area contributed by atoms with Gasteiger partial charge in [-0.1, -0.05) is 6.07 Å². The van der Waals surface area contributed by atoms with Crippen molar-refractivity contribution in [3.63, 3.8) is 0 Å². The van der Waals surface area contributed by atoms with Gasteiger partial charge in [-0.3, -0.25) is 4.57 Å². The lowest BCUT2D eigenvalue weighted by atomic mass is 10.2. The van der Waals surface area contributed by atoms with E-state index in [1.165, 1.54) is 22.9 Å². The number of alkyl halides is 3. The average molecular weight is 300 g/mol. The van der Waals surface area contributed by atoms with Gasteiger partial charge in [0, 0.05) is 0 Å². The molecule has 0 fully saturated rings. The molecular weight excluding hydrogens is 289 g/mol. The standard InChI is InChI=1S/C13H11F3N2O3/c1-8-7-18(11(21-8)17-12(19)20-2)10-5-3-4-9(6-10)13(14,15)16/h3-7H,1-2H3/b17-11-. The van der Waals surface area contributed by atoms with E-state index in [9.17, 15) is 18.0 Å². The SMILES string of the molecule is COC(=O)/N=c1\oc(C)cn1-c1cccc(C(F)(F)F)c1. The largest absolute Gasteiger partial charge is 0.451 e. The van der Waals surface area contributed by atoms with Gasteiger partial charge in [-0.25, -0.2) is 4.79 Å². The molecule has 2 aromatic rings. The molecule has 2 rings (SSSR count). The van der Waals surface area contributed by atoms with Gasteiger partial charge in [0.15, 0.2) is 0 Å². The van der Waals surface area contributed by atoms with E-state index >= 15 is 0 Å². The van der Waals surface area contributed by atoms with Crippen LogP contribution in [0.25, 0.3) is 5.69 Å². The Labute approximate surface area is 117 Å². The Bertz CT molecular complexity index is 729. The Morgan fingerprint density at radius 2 is 2.10 bits per heavy atom. The molecule has 5 nitrogen and oxygen atoms in total. The van der Waals surface area contributed by atoms with Crippen LogP contribution in [-0.4, -0.2) is 17.8 Å². The second kappa shape index (κ2) is 5.47. The molecule has 0 saturated heterocycles. The fourth-order valence-corrected chi connectivity index (χ4v) is 1.67. The summed E-state index contributed by atoms with van der Waals surface area (Å²) in [5.41, 5.74) is -0.807. The minimum absolute atomic E-state index is 0.168. The summed E-state index contributed by atoms with van der Waals surface area (Å²) in [4.78, 5) is 14.7. The number of rotatable bonds is 1. The number of hydrogen-bond donors (Lipinski definition) is 0. The zero-order valence-corrected chi connectivity index (χ0v) is 11.1. The fraction of sp³-hybridized carbons (Fsp3) is 0.231. The fourth-order valence-electron chi connectivity index (χ4n) is 1.67. The minimum Gasteiger partial charge on any atom is -0.451 e. The molecule has 0 atom stereocenters. The molecule has 0 N–H and O–H groups in total. The van der Waals surface area contributed by atoms with E-state index < -0.39 is 17.8 Å². The number of aryl methyl sites for hydroxylation is 1. The summed E-state index contributed by atoms with van der Waals surface area (Å²) < 4.78 is 49.0. The summed E-state index contributed by atoms with van der Waals surface area (Å²) in [5, 5.41) is 0. The molecule has 0 radical (unpaired) electrons. The van der Waals surface area contributed by atoms with E-state index in [4.69, 9.17) is 4.42 Å². The second-order valence-corrected chi connectivity index (χ2v) is 4.12. The molecule has 0 aliphatic heterocycles. The minimum atomic E-state index is -4.46. The zero-order chi connectivity index (χ0) is 15.6. The maximum Gasteiger partial charge on any atom is 0.437 e. The number of amides is 1. The molecule has 1 heterocycles. The van der Waals surface area contributed by atoms with Crippen molar-refractivity contribution in [3.8, 4) is 5.69 Å². The van der Waals surface area contributed by atoms with Gasteiger partial charge in [-0.05, 0) is 25.1 Å². The Morgan fingerprint density at radius 1 is 1.38 bits per heavy atom. The molecule has 0 spiro atoms. The predicted octanol–water partition coefficient (Wildman–Crippen LogP) is 3.06. The number of hydrogen-bond acceptors (Lipinski definition) is 3.